The molecule has 0 saturated carbocycles. The number of nitrogens with zero attached hydrogens (tertiary/aromatic N) is 4. The van der Waals surface area contributed by atoms with Gasteiger partial charge < -0.3 is 15.4 Å². The van der Waals surface area contributed by atoms with Crippen LogP contribution in [0.4, 0.5) is 11.9 Å². The van der Waals surface area contributed by atoms with Crippen molar-refractivity contribution in [2.75, 3.05) is 36.9 Å². The van der Waals surface area contributed by atoms with Gasteiger partial charge in [0.2, 0.25) is 11.9 Å². The smallest absolute Gasteiger partial charge is 0.247 e. The summed E-state index contributed by atoms with van der Waals surface area (Å²) in [5, 5.41) is 5.02. The van der Waals surface area contributed by atoms with Crippen LogP contribution < -0.4 is 10.6 Å². The molecule has 1 saturated heterocycles. The second-order valence-electron chi connectivity index (χ2n) is 4.23. The van der Waals surface area contributed by atoms with E-state index in [1.165, 1.54) is 0 Å². The number of halogens is 1. The van der Waals surface area contributed by atoms with Gasteiger partial charge in [-0.2, -0.15) is 9.67 Å². The van der Waals surface area contributed by atoms with E-state index < -0.39 is 0 Å². The van der Waals surface area contributed by atoms with Crippen LogP contribution in [0.5, 0.6) is 0 Å². The molecule has 0 amide bonds. The number of nitrogens with two attached hydrogens (primary N) is 1. The van der Waals surface area contributed by atoms with Crippen molar-refractivity contribution in [1.29, 1.82) is 0 Å². The molecule has 2 heterocycles. The second-order valence-corrected chi connectivity index (χ2v) is 4.64. The Bertz CT molecular complexity index is 579. The molecule has 2 aromatic rings. The predicted molar refractivity (Wildman–Crippen MR) is 73.8 cm³/mol. The number of hydrogen-bond acceptors (Lipinski definition) is 5. The molecule has 1 aliphatic rings. The molecule has 1 aromatic heterocycles. The van der Waals surface area contributed by atoms with Crippen LogP contribution >= 0.6 is 11.6 Å². The zero-order chi connectivity index (χ0) is 13.2. The quantitative estimate of drug-likeness (QED) is 0.898. The molecular formula is C12H14ClN5O. The monoisotopic (exact) mass is 279 g/mol. The highest BCUT2D eigenvalue weighted by molar-refractivity contribution is 6.32. The van der Waals surface area contributed by atoms with Crippen molar-refractivity contribution in [3.63, 3.8) is 0 Å². The first-order valence-corrected chi connectivity index (χ1v) is 6.43. The topological polar surface area (TPSA) is 69.2 Å². The first-order chi connectivity index (χ1) is 9.25. The third-order valence-electron chi connectivity index (χ3n) is 3.00. The number of hydrogen-bond donors (Lipinski definition) is 1. The molecule has 0 aliphatic carbocycles. The van der Waals surface area contributed by atoms with Gasteiger partial charge in [0.15, 0.2) is 0 Å². The fraction of sp³-hybridized carbons (Fsp3) is 0.333. The van der Waals surface area contributed by atoms with Crippen LogP contribution in [-0.2, 0) is 4.74 Å². The van der Waals surface area contributed by atoms with E-state index in [4.69, 9.17) is 22.1 Å². The van der Waals surface area contributed by atoms with Gasteiger partial charge >= 0.3 is 0 Å². The minimum absolute atomic E-state index is 0.328. The van der Waals surface area contributed by atoms with Crippen molar-refractivity contribution < 1.29 is 4.74 Å². The van der Waals surface area contributed by atoms with Crippen LogP contribution in [-0.4, -0.2) is 41.1 Å². The highest BCUT2D eigenvalue weighted by atomic mass is 35.5. The number of rotatable bonds is 2. The number of aromatic nitrogens is 3. The first kappa shape index (κ1) is 12.3. The van der Waals surface area contributed by atoms with E-state index in [1.54, 1.807) is 10.7 Å². The van der Waals surface area contributed by atoms with Gasteiger partial charge in [-0.25, -0.2) is 0 Å². The Kier molecular flexibility index (Phi) is 3.27. The summed E-state index contributed by atoms with van der Waals surface area (Å²) in [6.45, 7) is 2.90. The highest BCUT2D eigenvalue weighted by Crippen LogP contribution is 2.23. The fourth-order valence-electron chi connectivity index (χ4n) is 2.01. The zero-order valence-corrected chi connectivity index (χ0v) is 11.0. The summed E-state index contributed by atoms with van der Waals surface area (Å²) in [4.78, 5) is 6.34. The number of benzene rings is 1. The molecule has 1 aromatic carbocycles. The normalized spacial score (nSPS) is 15.7. The van der Waals surface area contributed by atoms with Gasteiger partial charge in [-0.15, -0.1) is 5.10 Å². The van der Waals surface area contributed by atoms with E-state index in [2.05, 4.69) is 10.1 Å². The van der Waals surface area contributed by atoms with Gasteiger partial charge in [0, 0.05) is 13.1 Å². The maximum Gasteiger partial charge on any atom is 0.247 e. The zero-order valence-electron chi connectivity index (χ0n) is 10.3. The maximum absolute atomic E-state index is 6.15. The van der Waals surface area contributed by atoms with Crippen molar-refractivity contribution in [3.05, 3.63) is 29.3 Å². The Morgan fingerprint density at radius 3 is 2.68 bits per heavy atom. The molecule has 2 N–H and O–H groups in total. The summed E-state index contributed by atoms with van der Waals surface area (Å²) < 4.78 is 6.87. The van der Waals surface area contributed by atoms with E-state index >= 15 is 0 Å². The van der Waals surface area contributed by atoms with E-state index in [0.717, 1.165) is 18.8 Å². The van der Waals surface area contributed by atoms with Crippen LogP contribution in [0.15, 0.2) is 24.3 Å². The van der Waals surface area contributed by atoms with Gasteiger partial charge in [-0.1, -0.05) is 23.7 Å². The molecule has 3 rings (SSSR count). The second kappa shape index (κ2) is 5.07. The summed E-state index contributed by atoms with van der Waals surface area (Å²) in [7, 11) is 0. The van der Waals surface area contributed by atoms with Gasteiger partial charge in [0.25, 0.3) is 0 Å². The summed E-state index contributed by atoms with van der Waals surface area (Å²) in [6, 6.07) is 7.40. The van der Waals surface area contributed by atoms with Gasteiger partial charge in [0.05, 0.1) is 23.9 Å². The predicted octanol–water partition coefficient (Wildman–Crippen LogP) is 1.34. The number of morpholine rings is 1. The number of nitrogen functional groups attached to an aromatic ring is 1. The Morgan fingerprint density at radius 1 is 1.21 bits per heavy atom. The van der Waals surface area contributed by atoms with Crippen LogP contribution in [0.25, 0.3) is 5.69 Å². The molecule has 0 bridgehead atoms. The molecule has 19 heavy (non-hydrogen) atoms. The van der Waals surface area contributed by atoms with Crippen molar-refractivity contribution in [1.82, 2.24) is 14.8 Å². The van der Waals surface area contributed by atoms with Crippen LogP contribution in [0.3, 0.4) is 0 Å². The minimum Gasteiger partial charge on any atom is -0.378 e. The third kappa shape index (κ3) is 2.36. The van der Waals surface area contributed by atoms with E-state index in [0.29, 0.717) is 30.1 Å². The lowest BCUT2D eigenvalue weighted by Crippen LogP contribution is -2.37. The van der Waals surface area contributed by atoms with Gasteiger partial charge in [-0.3, -0.25) is 0 Å². The Hall–Kier alpha value is -1.79. The lowest BCUT2D eigenvalue weighted by Gasteiger charge is -2.25. The molecule has 6 nitrogen and oxygen atoms in total. The van der Waals surface area contributed by atoms with Crippen molar-refractivity contribution in [2.24, 2.45) is 0 Å². The average Bonchev–Trinajstić information content (AvgIpc) is 2.82. The van der Waals surface area contributed by atoms with Gasteiger partial charge in [-0.05, 0) is 12.1 Å². The molecule has 0 unspecified atom stereocenters. The lowest BCUT2D eigenvalue weighted by atomic mass is 10.3. The average molecular weight is 280 g/mol. The van der Waals surface area contributed by atoms with E-state index in [-0.39, 0.29) is 0 Å². The summed E-state index contributed by atoms with van der Waals surface area (Å²) in [5.74, 6) is 0.940. The molecule has 0 radical (unpaired) electrons. The first-order valence-electron chi connectivity index (χ1n) is 6.06. The summed E-state index contributed by atoms with van der Waals surface area (Å²) in [5.41, 5.74) is 6.65. The van der Waals surface area contributed by atoms with Crippen LogP contribution in [0.1, 0.15) is 0 Å². The van der Waals surface area contributed by atoms with E-state index in [9.17, 15) is 0 Å². The Morgan fingerprint density at radius 2 is 1.95 bits per heavy atom. The number of anilines is 2. The Balaban J connectivity index is 1.95. The maximum atomic E-state index is 6.15. The molecule has 1 aliphatic heterocycles. The molecule has 0 atom stereocenters. The molecule has 7 heteroatoms. The Labute approximate surface area is 115 Å². The molecule has 0 spiro atoms. The molecular weight excluding hydrogens is 266 g/mol. The SMILES string of the molecule is Nc1nc(N2CCOCC2)nn1-c1ccccc1Cl. The highest BCUT2D eigenvalue weighted by Gasteiger charge is 2.18. The van der Waals surface area contributed by atoms with Crippen LogP contribution in [0.2, 0.25) is 5.02 Å². The third-order valence-corrected chi connectivity index (χ3v) is 3.32. The molecule has 1 fully saturated rings. The standard InChI is InChI=1S/C12H14ClN5O/c13-9-3-1-2-4-10(9)18-11(14)15-12(16-18)17-5-7-19-8-6-17/h1-4H,5-8H2,(H2,14,15,16). The van der Waals surface area contributed by atoms with Crippen molar-refractivity contribution in [2.45, 2.75) is 0 Å². The van der Waals surface area contributed by atoms with Crippen molar-refractivity contribution >= 4 is 23.5 Å². The lowest BCUT2D eigenvalue weighted by molar-refractivity contribution is 0.122. The van der Waals surface area contributed by atoms with Gasteiger partial charge in [0.1, 0.15) is 0 Å². The number of para-hydroxylation sites is 1. The largest absolute Gasteiger partial charge is 0.378 e. The number of ether oxygens (including phenoxy) is 1. The summed E-state index contributed by atoms with van der Waals surface area (Å²) in [6.07, 6.45) is 0. The summed E-state index contributed by atoms with van der Waals surface area (Å²) >= 11 is 6.15. The minimum atomic E-state index is 0.328. The van der Waals surface area contributed by atoms with E-state index in [1.807, 2.05) is 23.1 Å². The van der Waals surface area contributed by atoms with Crippen molar-refractivity contribution in [3.8, 4) is 5.69 Å². The molecule has 100 valence electrons. The van der Waals surface area contributed by atoms with Crippen LogP contribution in [0, 0.1) is 0 Å². The fourth-order valence-corrected chi connectivity index (χ4v) is 2.23.